The minimum Gasteiger partial charge on any atom is -0.299 e. The van der Waals surface area contributed by atoms with E-state index in [1.807, 2.05) is 0 Å². The molecular weight excluding hydrogens is 136 g/mol. The van der Waals surface area contributed by atoms with E-state index in [1.165, 1.54) is 0 Å². The smallest absolute Gasteiger partial charge is 0.138 e. The van der Waals surface area contributed by atoms with Gasteiger partial charge in [0.15, 0.2) is 0 Å². The predicted octanol–water partition coefficient (Wildman–Crippen LogP) is 2.16. The van der Waals surface area contributed by atoms with Crippen LogP contribution in [0.25, 0.3) is 0 Å². The summed E-state index contributed by atoms with van der Waals surface area (Å²) in [6.45, 7) is 2.05. The Morgan fingerprint density at radius 3 is 2.82 bits per heavy atom. The van der Waals surface area contributed by atoms with Crippen molar-refractivity contribution in [1.29, 1.82) is 0 Å². The summed E-state index contributed by atoms with van der Waals surface area (Å²) in [6, 6.07) is 0. The molecule has 0 aliphatic heterocycles. The molecule has 0 amide bonds. The van der Waals surface area contributed by atoms with Crippen LogP contribution in [0.3, 0.4) is 0 Å². The number of hydrogen-bond donors (Lipinski definition) is 0. The van der Waals surface area contributed by atoms with E-state index in [9.17, 15) is 4.79 Å². The zero-order chi connectivity index (χ0) is 8.32. The van der Waals surface area contributed by atoms with Crippen LogP contribution in [0, 0.1) is 17.8 Å². The molecule has 1 aliphatic carbocycles. The average Bonchev–Trinajstić information content (AvgIpc) is 2.02. The summed E-state index contributed by atoms with van der Waals surface area (Å²) in [5.74, 6) is 3.02. The van der Waals surface area contributed by atoms with E-state index in [-0.39, 0.29) is 5.41 Å². The van der Waals surface area contributed by atoms with Crippen molar-refractivity contribution in [2.24, 2.45) is 5.41 Å². The van der Waals surface area contributed by atoms with Gasteiger partial charge < -0.3 is 0 Å². The molecule has 0 N–H and O–H groups in total. The molecule has 0 spiro atoms. The fourth-order valence-corrected chi connectivity index (χ4v) is 1.50. The summed E-state index contributed by atoms with van der Waals surface area (Å²) in [5.41, 5.74) is -0.00313. The third-order valence-corrected chi connectivity index (χ3v) is 2.63. The molecule has 1 rings (SSSR count). The van der Waals surface area contributed by atoms with Crippen LogP contribution in [-0.4, -0.2) is 5.78 Å². The first-order chi connectivity index (χ1) is 5.19. The molecule has 1 nitrogen and oxygen atoms in total. The Morgan fingerprint density at radius 1 is 1.73 bits per heavy atom. The Hall–Kier alpha value is -0.770. The van der Waals surface area contributed by atoms with Crippen molar-refractivity contribution in [3.05, 3.63) is 0 Å². The maximum absolute atomic E-state index is 11.1. The minimum atomic E-state index is -0.00313. The lowest BCUT2D eigenvalue weighted by Crippen LogP contribution is -2.37. The van der Waals surface area contributed by atoms with Gasteiger partial charge in [0, 0.05) is 18.3 Å². The largest absolute Gasteiger partial charge is 0.299 e. The fourth-order valence-electron chi connectivity index (χ4n) is 1.50. The van der Waals surface area contributed by atoms with Crippen LogP contribution in [0.4, 0.5) is 0 Å². The summed E-state index contributed by atoms with van der Waals surface area (Å²) in [5, 5.41) is 0. The molecule has 1 aliphatic rings. The van der Waals surface area contributed by atoms with Gasteiger partial charge in [-0.1, -0.05) is 6.92 Å². The standard InChI is InChI=1S/C10H14O/c1-3-4-5-7-10(2)8-6-9(10)11/h1H,4-8H2,2H3/t10-/m1/s1. The van der Waals surface area contributed by atoms with Crippen LogP contribution in [0.15, 0.2) is 0 Å². The van der Waals surface area contributed by atoms with Gasteiger partial charge in [-0.05, 0) is 19.3 Å². The highest BCUT2D eigenvalue weighted by Gasteiger charge is 2.40. The number of unbranched alkanes of at least 4 members (excludes halogenated alkanes) is 1. The summed E-state index contributed by atoms with van der Waals surface area (Å²) < 4.78 is 0. The van der Waals surface area contributed by atoms with Crippen LogP contribution in [0.2, 0.25) is 0 Å². The van der Waals surface area contributed by atoms with E-state index >= 15 is 0 Å². The number of hydrogen-bond acceptors (Lipinski definition) is 1. The van der Waals surface area contributed by atoms with Gasteiger partial charge in [-0.2, -0.15) is 0 Å². The SMILES string of the molecule is C#CCCC[C@]1(C)CCC1=O. The molecule has 11 heavy (non-hydrogen) atoms. The maximum atomic E-state index is 11.1. The Balaban J connectivity index is 2.26. The normalized spacial score (nSPS) is 29.3. The van der Waals surface area contributed by atoms with E-state index < -0.39 is 0 Å². The third-order valence-electron chi connectivity index (χ3n) is 2.63. The van der Waals surface area contributed by atoms with E-state index in [0.29, 0.717) is 5.78 Å². The number of Topliss-reactive ketones (excluding diaryl/α,β-unsaturated/α-hetero) is 1. The monoisotopic (exact) mass is 150 g/mol. The third kappa shape index (κ3) is 1.63. The highest BCUT2D eigenvalue weighted by atomic mass is 16.1. The number of carbonyl (C=O) groups excluding carboxylic acids is 1. The van der Waals surface area contributed by atoms with Crippen molar-refractivity contribution in [3.8, 4) is 12.3 Å². The van der Waals surface area contributed by atoms with E-state index in [0.717, 1.165) is 32.1 Å². The Bertz CT molecular complexity index is 199. The lowest BCUT2D eigenvalue weighted by atomic mass is 9.66. The Morgan fingerprint density at radius 2 is 2.45 bits per heavy atom. The van der Waals surface area contributed by atoms with Gasteiger partial charge in [0.1, 0.15) is 5.78 Å². The first kappa shape index (κ1) is 8.33. The molecule has 1 atom stereocenters. The number of ketones is 1. The van der Waals surface area contributed by atoms with Crippen molar-refractivity contribution in [3.63, 3.8) is 0 Å². The summed E-state index contributed by atoms with van der Waals surface area (Å²) >= 11 is 0. The highest BCUT2D eigenvalue weighted by Crippen LogP contribution is 2.40. The van der Waals surface area contributed by atoms with E-state index in [1.54, 1.807) is 0 Å². The van der Waals surface area contributed by atoms with Gasteiger partial charge in [0.05, 0.1) is 0 Å². The quantitative estimate of drug-likeness (QED) is 0.445. The van der Waals surface area contributed by atoms with Gasteiger partial charge in [-0.3, -0.25) is 4.79 Å². The zero-order valence-electron chi connectivity index (χ0n) is 7.02. The summed E-state index contributed by atoms with van der Waals surface area (Å²) in [6.07, 6.45) is 9.76. The average molecular weight is 150 g/mol. The van der Waals surface area contributed by atoms with Crippen molar-refractivity contribution in [2.45, 2.75) is 39.0 Å². The van der Waals surface area contributed by atoms with Crippen LogP contribution in [-0.2, 0) is 4.79 Å². The van der Waals surface area contributed by atoms with Crippen molar-refractivity contribution in [1.82, 2.24) is 0 Å². The molecule has 0 saturated heterocycles. The zero-order valence-corrected chi connectivity index (χ0v) is 7.02. The van der Waals surface area contributed by atoms with Gasteiger partial charge in [0.25, 0.3) is 0 Å². The molecule has 1 fully saturated rings. The number of terminal acetylenes is 1. The molecule has 0 radical (unpaired) electrons. The second-order valence-electron chi connectivity index (χ2n) is 3.54. The number of rotatable bonds is 3. The Labute approximate surface area is 68.2 Å². The Kier molecular flexibility index (Phi) is 2.34. The second-order valence-corrected chi connectivity index (χ2v) is 3.54. The molecule has 60 valence electrons. The fraction of sp³-hybridized carbons (Fsp3) is 0.700. The molecule has 1 saturated carbocycles. The lowest BCUT2D eigenvalue weighted by Gasteiger charge is -2.36. The lowest BCUT2D eigenvalue weighted by molar-refractivity contribution is -0.137. The molecule has 0 aromatic rings. The van der Waals surface area contributed by atoms with Crippen LogP contribution < -0.4 is 0 Å². The first-order valence-electron chi connectivity index (χ1n) is 4.16. The molecular formula is C10H14O. The van der Waals surface area contributed by atoms with Crippen molar-refractivity contribution in [2.75, 3.05) is 0 Å². The van der Waals surface area contributed by atoms with Gasteiger partial charge in [0.2, 0.25) is 0 Å². The topological polar surface area (TPSA) is 17.1 Å². The number of carbonyl (C=O) groups is 1. The molecule has 0 heterocycles. The molecule has 0 aromatic carbocycles. The summed E-state index contributed by atoms with van der Waals surface area (Å²) in [4.78, 5) is 11.1. The van der Waals surface area contributed by atoms with Crippen LogP contribution in [0.1, 0.15) is 39.0 Å². The van der Waals surface area contributed by atoms with E-state index in [2.05, 4.69) is 12.8 Å². The molecule has 0 unspecified atom stereocenters. The first-order valence-corrected chi connectivity index (χ1v) is 4.16. The predicted molar refractivity (Wildman–Crippen MR) is 45.0 cm³/mol. The summed E-state index contributed by atoms with van der Waals surface area (Å²) in [7, 11) is 0. The van der Waals surface area contributed by atoms with Gasteiger partial charge in [-0.25, -0.2) is 0 Å². The van der Waals surface area contributed by atoms with Crippen LogP contribution in [0.5, 0.6) is 0 Å². The molecule has 1 heteroatoms. The molecule has 0 aromatic heterocycles. The van der Waals surface area contributed by atoms with Gasteiger partial charge in [-0.15, -0.1) is 12.3 Å². The van der Waals surface area contributed by atoms with Crippen molar-refractivity contribution < 1.29 is 4.79 Å². The highest BCUT2D eigenvalue weighted by molar-refractivity contribution is 5.89. The maximum Gasteiger partial charge on any atom is 0.138 e. The minimum absolute atomic E-state index is 0.00313. The van der Waals surface area contributed by atoms with Gasteiger partial charge >= 0.3 is 0 Å². The molecule has 0 bridgehead atoms. The van der Waals surface area contributed by atoms with E-state index in [4.69, 9.17) is 6.42 Å². The second kappa shape index (κ2) is 3.09. The van der Waals surface area contributed by atoms with Crippen molar-refractivity contribution >= 4 is 5.78 Å². The van der Waals surface area contributed by atoms with Crippen LogP contribution >= 0.6 is 0 Å².